The van der Waals surface area contributed by atoms with Crippen LogP contribution in [-0.4, -0.2) is 13.2 Å². The van der Waals surface area contributed by atoms with Crippen LogP contribution in [0.3, 0.4) is 0 Å². The summed E-state index contributed by atoms with van der Waals surface area (Å²) in [5.41, 5.74) is 0.347. The summed E-state index contributed by atoms with van der Waals surface area (Å²) < 4.78 is 5.05. The summed E-state index contributed by atoms with van der Waals surface area (Å²) in [6.45, 7) is 7.68. The maximum Gasteiger partial charge on any atom is 0.0579 e. The number of hydrogen-bond acceptors (Lipinski definition) is 1. The smallest absolute Gasteiger partial charge is 0.0579 e. The summed E-state index contributed by atoms with van der Waals surface area (Å²) in [6, 6.07) is 0. The Balaban J connectivity index is 2.45. The van der Waals surface area contributed by atoms with E-state index in [4.69, 9.17) is 4.74 Å². The average Bonchev–Trinajstić information content (AvgIpc) is 1.67. The summed E-state index contributed by atoms with van der Waals surface area (Å²) in [7, 11) is 0. The Kier molecular flexibility index (Phi) is 1.39. The molecule has 0 aromatic carbocycles. The topological polar surface area (TPSA) is 9.23 Å². The monoisotopic (exact) mass is 112 g/mol. The van der Waals surface area contributed by atoms with E-state index in [1.807, 2.05) is 6.08 Å². The van der Waals surface area contributed by atoms with E-state index in [-0.39, 0.29) is 0 Å². The molecule has 1 fully saturated rings. The van der Waals surface area contributed by atoms with Crippen molar-refractivity contribution >= 4 is 0 Å². The van der Waals surface area contributed by atoms with E-state index in [9.17, 15) is 0 Å². The van der Waals surface area contributed by atoms with Crippen LogP contribution in [0.25, 0.3) is 0 Å². The summed E-state index contributed by atoms with van der Waals surface area (Å²) in [5.74, 6) is 0. The van der Waals surface area contributed by atoms with Crippen LogP contribution >= 0.6 is 0 Å². The highest BCUT2D eigenvalue weighted by atomic mass is 16.5. The quantitative estimate of drug-likeness (QED) is 0.493. The molecule has 0 aromatic heterocycles. The van der Waals surface area contributed by atoms with Gasteiger partial charge in [0.25, 0.3) is 0 Å². The first-order valence-corrected chi connectivity index (χ1v) is 3.04. The Bertz CT molecular complexity index is 87.1. The van der Waals surface area contributed by atoms with Gasteiger partial charge in [-0.25, -0.2) is 0 Å². The largest absolute Gasteiger partial charge is 0.379 e. The number of ether oxygens (including phenoxy) is 1. The standard InChI is InChI=1S/C7H12O/c1-3-7(4-2)5-8-6-7/h3H,1,4-6H2,2H3. The highest BCUT2D eigenvalue weighted by Gasteiger charge is 2.32. The molecular formula is C7H12O. The zero-order chi connectivity index (χ0) is 6.04. The molecule has 1 nitrogen and oxygen atoms in total. The normalized spacial score (nSPS) is 24.1. The van der Waals surface area contributed by atoms with Crippen LogP contribution in [-0.2, 0) is 4.74 Å². The molecular weight excluding hydrogens is 100 g/mol. The van der Waals surface area contributed by atoms with Gasteiger partial charge in [-0.1, -0.05) is 13.0 Å². The Hall–Kier alpha value is -0.300. The zero-order valence-electron chi connectivity index (χ0n) is 5.31. The van der Waals surface area contributed by atoms with Crippen LogP contribution in [0.5, 0.6) is 0 Å². The van der Waals surface area contributed by atoms with Crippen LogP contribution in [0.1, 0.15) is 13.3 Å². The Morgan fingerprint density at radius 3 is 2.38 bits per heavy atom. The van der Waals surface area contributed by atoms with E-state index in [2.05, 4.69) is 13.5 Å². The molecule has 46 valence electrons. The van der Waals surface area contributed by atoms with Crippen LogP contribution in [0.4, 0.5) is 0 Å². The minimum absolute atomic E-state index is 0.347. The molecule has 0 bridgehead atoms. The molecule has 1 heteroatoms. The third-order valence-electron chi connectivity index (χ3n) is 1.92. The van der Waals surface area contributed by atoms with Crippen LogP contribution < -0.4 is 0 Å². The van der Waals surface area contributed by atoms with Crippen molar-refractivity contribution < 1.29 is 4.74 Å². The first kappa shape index (κ1) is 5.83. The Labute approximate surface area is 50.3 Å². The highest BCUT2D eigenvalue weighted by Crippen LogP contribution is 2.31. The summed E-state index contributed by atoms with van der Waals surface area (Å²) in [5, 5.41) is 0. The van der Waals surface area contributed by atoms with Gasteiger partial charge in [-0.2, -0.15) is 0 Å². The summed E-state index contributed by atoms with van der Waals surface area (Å²) in [6.07, 6.45) is 3.17. The van der Waals surface area contributed by atoms with E-state index in [1.165, 1.54) is 0 Å². The van der Waals surface area contributed by atoms with Crippen molar-refractivity contribution in [1.29, 1.82) is 0 Å². The van der Waals surface area contributed by atoms with Gasteiger partial charge >= 0.3 is 0 Å². The van der Waals surface area contributed by atoms with Crippen molar-refractivity contribution in [2.75, 3.05) is 13.2 Å². The van der Waals surface area contributed by atoms with Gasteiger partial charge in [-0.3, -0.25) is 0 Å². The van der Waals surface area contributed by atoms with Crippen molar-refractivity contribution in [3.63, 3.8) is 0 Å². The van der Waals surface area contributed by atoms with Crippen LogP contribution in [0.15, 0.2) is 12.7 Å². The van der Waals surface area contributed by atoms with E-state index in [1.54, 1.807) is 0 Å². The average molecular weight is 112 g/mol. The predicted octanol–water partition coefficient (Wildman–Crippen LogP) is 1.60. The van der Waals surface area contributed by atoms with Gasteiger partial charge in [0.2, 0.25) is 0 Å². The Morgan fingerprint density at radius 1 is 1.75 bits per heavy atom. The van der Waals surface area contributed by atoms with Gasteiger partial charge in [0.15, 0.2) is 0 Å². The lowest BCUT2D eigenvalue weighted by atomic mass is 9.84. The van der Waals surface area contributed by atoms with E-state index in [0.717, 1.165) is 19.6 Å². The molecule has 0 radical (unpaired) electrons. The van der Waals surface area contributed by atoms with E-state index in [0.29, 0.717) is 5.41 Å². The second-order valence-corrected chi connectivity index (χ2v) is 2.41. The van der Waals surface area contributed by atoms with Gasteiger partial charge in [0.1, 0.15) is 0 Å². The molecule has 0 unspecified atom stereocenters. The number of hydrogen-bond donors (Lipinski definition) is 0. The molecule has 0 spiro atoms. The first-order valence-electron chi connectivity index (χ1n) is 3.04. The molecule has 0 aliphatic carbocycles. The van der Waals surface area contributed by atoms with Crippen LogP contribution in [0, 0.1) is 5.41 Å². The predicted molar refractivity (Wildman–Crippen MR) is 33.7 cm³/mol. The molecule has 0 aromatic rings. The molecule has 0 N–H and O–H groups in total. The zero-order valence-corrected chi connectivity index (χ0v) is 5.31. The SMILES string of the molecule is C=CC1(CC)COC1. The lowest BCUT2D eigenvalue weighted by Gasteiger charge is -2.37. The molecule has 1 aliphatic heterocycles. The maximum absolute atomic E-state index is 5.05. The van der Waals surface area contributed by atoms with Crippen LogP contribution in [0.2, 0.25) is 0 Å². The molecule has 0 saturated carbocycles. The molecule has 1 aliphatic rings. The van der Waals surface area contributed by atoms with Crippen molar-refractivity contribution in [2.45, 2.75) is 13.3 Å². The van der Waals surface area contributed by atoms with Gasteiger partial charge in [-0.15, -0.1) is 6.58 Å². The lowest BCUT2D eigenvalue weighted by Crippen LogP contribution is -2.39. The van der Waals surface area contributed by atoms with Gasteiger partial charge in [0, 0.05) is 5.41 Å². The molecule has 0 amide bonds. The molecule has 1 rings (SSSR count). The van der Waals surface area contributed by atoms with Crippen molar-refractivity contribution in [2.24, 2.45) is 5.41 Å². The second kappa shape index (κ2) is 1.90. The summed E-state index contributed by atoms with van der Waals surface area (Å²) in [4.78, 5) is 0. The fourth-order valence-corrected chi connectivity index (χ4v) is 0.831. The van der Waals surface area contributed by atoms with Crippen molar-refractivity contribution in [3.05, 3.63) is 12.7 Å². The Morgan fingerprint density at radius 2 is 2.38 bits per heavy atom. The van der Waals surface area contributed by atoms with Gasteiger partial charge in [0.05, 0.1) is 13.2 Å². The fraction of sp³-hybridized carbons (Fsp3) is 0.714. The van der Waals surface area contributed by atoms with Crippen molar-refractivity contribution in [3.8, 4) is 0 Å². The maximum atomic E-state index is 5.05. The fourth-order valence-electron chi connectivity index (χ4n) is 0.831. The molecule has 1 saturated heterocycles. The minimum atomic E-state index is 0.347. The molecule has 0 atom stereocenters. The van der Waals surface area contributed by atoms with E-state index < -0.39 is 0 Å². The molecule has 8 heavy (non-hydrogen) atoms. The van der Waals surface area contributed by atoms with Gasteiger partial charge < -0.3 is 4.74 Å². The number of rotatable bonds is 2. The van der Waals surface area contributed by atoms with E-state index >= 15 is 0 Å². The molecule has 1 heterocycles. The third kappa shape index (κ3) is 0.671. The third-order valence-corrected chi connectivity index (χ3v) is 1.92. The highest BCUT2D eigenvalue weighted by molar-refractivity contribution is 4.98. The second-order valence-electron chi connectivity index (χ2n) is 2.41. The van der Waals surface area contributed by atoms with Gasteiger partial charge in [-0.05, 0) is 6.42 Å². The van der Waals surface area contributed by atoms with Crippen molar-refractivity contribution in [1.82, 2.24) is 0 Å². The minimum Gasteiger partial charge on any atom is -0.379 e. The first-order chi connectivity index (χ1) is 3.83. The lowest BCUT2D eigenvalue weighted by molar-refractivity contribution is -0.0835. The summed E-state index contributed by atoms with van der Waals surface area (Å²) >= 11 is 0.